The fraction of sp³-hybridized carbons (Fsp3) is 0.333. The number of carbonyl (C=O) groups excluding carboxylic acids is 2. The number of nitrogens with one attached hydrogen (secondary N) is 2. The van der Waals surface area contributed by atoms with Gasteiger partial charge in [0.05, 0.1) is 16.8 Å². The summed E-state index contributed by atoms with van der Waals surface area (Å²) in [4.78, 5) is 38.6. The Labute approximate surface area is 224 Å². The average molecular weight is 541 g/mol. The predicted molar refractivity (Wildman–Crippen MR) is 140 cm³/mol. The highest BCUT2D eigenvalue weighted by atomic mass is 35.5. The van der Waals surface area contributed by atoms with Crippen LogP contribution in [0.5, 0.6) is 0 Å². The van der Waals surface area contributed by atoms with E-state index in [-0.39, 0.29) is 29.9 Å². The number of anilines is 2. The van der Waals surface area contributed by atoms with Gasteiger partial charge in [0.25, 0.3) is 11.8 Å². The Morgan fingerprint density at radius 3 is 2.55 bits per heavy atom. The van der Waals surface area contributed by atoms with Gasteiger partial charge < -0.3 is 10.6 Å². The Morgan fingerprint density at radius 2 is 1.79 bits per heavy atom. The van der Waals surface area contributed by atoms with E-state index in [1.165, 1.54) is 16.7 Å². The first-order valence-electron chi connectivity index (χ1n) is 12.5. The number of hydrogen-bond acceptors (Lipinski definition) is 6. The van der Waals surface area contributed by atoms with Crippen molar-refractivity contribution in [1.82, 2.24) is 20.2 Å². The number of piperidine rings is 1. The fourth-order valence-electron chi connectivity index (χ4n) is 4.74. The smallest absolute Gasteiger partial charge is 0.271 e. The van der Waals surface area contributed by atoms with Crippen LogP contribution in [-0.2, 0) is 6.54 Å². The zero-order valence-corrected chi connectivity index (χ0v) is 21.3. The Morgan fingerprint density at radius 1 is 1.05 bits per heavy atom. The molecule has 0 saturated carbocycles. The lowest BCUT2D eigenvalue weighted by Gasteiger charge is -2.32. The van der Waals surface area contributed by atoms with E-state index >= 15 is 0 Å². The van der Waals surface area contributed by atoms with E-state index in [4.69, 9.17) is 11.6 Å². The zero-order valence-electron chi connectivity index (χ0n) is 20.6. The first-order valence-corrected chi connectivity index (χ1v) is 12.9. The lowest BCUT2D eigenvalue weighted by molar-refractivity contribution is 0.0901. The van der Waals surface area contributed by atoms with E-state index in [0.29, 0.717) is 13.0 Å². The van der Waals surface area contributed by atoms with Crippen LogP contribution in [0, 0.1) is 11.6 Å². The molecule has 0 radical (unpaired) electrons. The molecule has 38 heavy (non-hydrogen) atoms. The predicted octanol–water partition coefficient (Wildman–Crippen LogP) is 4.27. The van der Waals surface area contributed by atoms with Gasteiger partial charge in [0.15, 0.2) is 11.6 Å². The second-order valence-corrected chi connectivity index (χ2v) is 9.77. The number of hydrogen-bond donors (Lipinski definition) is 2. The van der Waals surface area contributed by atoms with Crippen LogP contribution in [0.1, 0.15) is 45.7 Å². The topological polar surface area (TPSA) is 90.5 Å². The second-order valence-electron chi connectivity index (χ2n) is 9.39. The van der Waals surface area contributed by atoms with Crippen molar-refractivity contribution in [2.45, 2.75) is 31.8 Å². The second kappa shape index (κ2) is 11.4. The van der Waals surface area contributed by atoms with E-state index in [9.17, 15) is 18.4 Å². The monoisotopic (exact) mass is 540 g/mol. The molecule has 3 heterocycles. The van der Waals surface area contributed by atoms with Crippen LogP contribution in [0.15, 0.2) is 48.7 Å². The normalized spacial score (nSPS) is 16.3. The zero-order chi connectivity index (χ0) is 26.6. The molecule has 1 aromatic heterocycles. The molecule has 3 aromatic rings. The van der Waals surface area contributed by atoms with Crippen LogP contribution in [0.3, 0.4) is 0 Å². The summed E-state index contributed by atoms with van der Waals surface area (Å²) in [6, 6.07) is 11.9. The third kappa shape index (κ3) is 5.61. The molecule has 8 nitrogen and oxygen atoms in total. The lowest BCUT2D eigenvalue weighted by atomic mass is 10.0. The third-order valence-corrected chi connectivity index (χ3v) is 7.14. The molecule has 2 N–H and O–H groups in total. The molecule has 2 aliphatic heterocycles. The summed E-state index contributed by atoms with van der Waals surface area (Å²) < 4.78 is 28.5. The molecule has 0 unspecified atom stereocenters. The number of aromatic nitrogens is 2. The number of amides is 2. The Balaban J connectivity index is 1.29. The van der Waals surface area contributed by atoms with Crippen molar-refractivity contribution in [2.75, 3.05) is 36.4 Å². The van der Waals surface area contributed by atoms with Crippen molar-refractivity contribution < 1.29 is 18.4 Å². The van der Waals surface area contributed by atoms with Gasteiger partial charge >= 0.3 is 0 Å². The number of fused-ring (bicyclic) bond motifs is 1. The van der Waals surface area contributed by atoms with Crippen molar-refractivity contribution in [3.63, 3.8) is 0 Å². The van der Waals surface area contributed by atoms with E-state index in [1.807, 2.05) is 18.2 Å². The number of carbonyl (C=O) groups is 2. The maximum Gasteiger partial charge on any atom is 0.271 e. The van der Waals surface area contributed by atoms with Gasteiger partial charge in [0, 0.05) is 38.8 Å². The van der Waals surface area contributed by atoms with Gasteiger partial charge in [0.2, 0.25) is 0 Å². The van der Waals surface area contributed by atoms with E-state index in [2.05, 4.69) is 37.6 Å². The van der Waals surface area contributed by atoms with Crippen molar-refractivity contribution in [1.29, 1.82) is 0 Å². The van der Waals surface area contributed by atoms with Gasteiger partial charge in [-0.2, -0.15) is 0 Å². The molecule has 5 rings (SSSR count). The highest BCUT2D eigenvalue weighted by Gasteiger charge is 2.30. The summed E-state index contributed by atoms with van der Waals surface area (Å²) >= 11 is 5.94. The Bertz CT molecular complexity index is 1330. The van der Waals surface area contributed by atoms with Crippen LogP contribution in [0.2, 0.25) is 5.02 Å². The minimum atomic E-state index is -0.944. The van der Waals surface area contributed by atoms with Gasteiger partial charge in [-0.3, -0.25) is 19.4 Å². The van der Waals surface area contributed by atoms with E-state index < -0.39 is 34.0 Å². The summed E-state index contributed by atoms with van der Waals surface area (Å²) in [6.07, 6.45) is 3.43. The number of nitrogens with zero attached hydrogens (tertiary/aromatic N) is 4. The minimum Gasteiger partial charge on any atom is -0.367 e. The summed E-state index contributed by atoms with van der Waals surface area (Å²) in [7, 11) is 0. The molecule has 2 amide bonds. The van der Waals surface area contributed by atoms with Gasteiger partial charge in [-0.25, -0.2) is 18.7 Å². The van der Waals surface area contributed by atoms with Gasteiger partial charge in [-0.1, -0.05) is 41.9 Å². The molecule has 0 atom stereocenters. The molecule has 1 saturated heterocycles. The maximum absolute atomic E-state index is 14.5. The molecule has 2 aliphatic rings. The van der Waals surface area contributed by atoms with Gasteiger partial charge in [-0.05, 0) is 37.0 Å². The van der Waals surface area contributed by atoms with E-state index in [1.54, 1.807) is 0 Å². The van der Waals surface area contributed by atoms with E-state index in [0.717, 1.165) is 44.6 Å². The van der Waals surface area contributed by atoms with Crippen LogP contribution >= 0.6 is 11.6 Å². The van der Waals surface area contributed by atoms with Crippen molar-refractivity contribution in [2.24, 2.45) is 0 Å². The number of benzene rings is 2. The Kier molecular flexibility index (Phi) is 7.80. The van der Waals surface area contributed by atoms with Crippen LogP contribution in [-0.4, -0.2) is 58.9 Å². The SMILES string of the molecule is O=C(NC1CCN(Cc2ccccc2)CC1)c1cnc2c(n1)N(C(=O)c1c(F)ccc(F)c1Cl)CCCN2. The number of halogens is 3. The highest BCUT2D eigenvalue weighted by Crippen LogP contribution is 2.30. The average Bonchev–Trinajstić information content (AvgIpc) is 3.14. The molecule has 1 fully saturated rings. The fourth-order valence-corrected chi connectivity index (χ4v) is 4.98. The first kappa shape index (κ1) is 26.0. The minimum absolute atomic E-state index is 0.0220. The summed E-state index contributed by atoms with van der Waals surface area (Å²) in [5.41, 5.74) is 0.698. The van der Waals surface area contributed by atoms with Crippen LogP contribution in [0.25, 0.3) is 0 Å². The van der Waals surface area contributed by atoms with Gasteiger partial charge in [-0.15, -0.1) is 0 Å². The van der Waals surface area contributed by atoms with Crippen molar-refractivity contribution >= 4 is 35.1 Å². The van der Waals surface area contributed by atoms with Crippen molar-refractivity contribution in [3.8, 4) is 0 Å². The van der Waals surface area contributed by atoms with Crippen LogP contribution in [0.4, 0.5) is 20.4 Å². The third-order valence-electron chi connectivity index (χ3n) is 6.77. The number of rotatable bonds is 5. The molecular weight excluding hydrogens is 514 g/mol. The molecular formula is C27H27ClF2N6O2. The summed E-state index contributed by atoms with van der Waals surface area (Å²) in [5.74, 6) is -2.77. The quantitative estimate of drug-likeness (QED) is 0.470. The maximum atomic E-state index is 14.5. The Hall–Kier alpha value is -3.63. The van der Waals surface area contributed by atoms with Crippen molar-refractivity contribution in [3.05, 3.63) is 82.1 Å². The molecule has 11 heteroatoms. The highest BCUT2D eigenvalue weighted by molar-refractivity contribution is 6.34. The lowest BCUT2D eigenvalue weighted by Crippen LogP contribution is -2.44. The molecule has 0 spiro atoms. The molecule has 198 valence electrons. The molecule has 0 aliphatic carbocycles. The first-order chi connectivity index (χ1) is 18.4. The summed E-state index contributed by atoms with van der Waals surface area (Å²) in [5, 5.41) is 5.49. The standard InChI is InChI=1S/C27H27ClF2N6O2/c28-23-20(30)8-7-19(29)22(23)27(38)36-12-4-11-31-24-25(36)34-21(15-32-24)26(37)33-18-9-13-35(14-10-18)16-17-5-2-1-3-6-17/h1-3,5-8,15,18H,4,9-14,16H2,(H,31,32)(H,33,37). The summed E-state index contributed by atoms with van der Waals surface area (Å²) in [6.45, 7) is 3.21. The number of likely N-dealkylation sites (tertiary alicyclic amines) is 1. The molecule has 0 bridgehead atoms. The molecule has 2 aromatic carbocycles. The largest absolute Gasteiger partial charge is 0.367 e. The van der Waals surface area contributed by atoms with Crippen LogP contribution < -0.4 is 15.5 Å². The van der Waals surface area contributed by atoms with Gasteiger partial charge in [0.1, 0.15) is 17.3 Å².